The molecule has 1 aliphatic rings. The quantitative estimate of drug-likeness (QED) is 0.397. The monoisotopic (exact) mass is 403 g/mol. The van der Waals surface area contributed by atoms with Gasteiger partial charge in [-0.1, -0.05) is 19.0 Å². The highest BCUT2D eigenvalue weighted by Crippen LogP contribution is 2.20. The summed E-state index contributed by atoms with van der Waals surface area (Å²) in [6.45, 7) is 9.00. The number of nitrogens with one attached hydrogen (secondary N) is 2. The van der Waals surface area contributed by atoms with Gasteiger partial charge in [-0.05, 0) is 31.9 Å². The Balaban J connectivity index is 1.48. The minimum atomic E-state index is -0.282. The lowest BCUT2D eigenvalue weighted by molar-refractivity contribution is 0.369. The maximum Gasteiger partial charge on any atom is 0.226 e. The molecule has 158 valence electrons. The van der Waals surface area contributed by atoms with E-state index >= 15 is 0 Å². The second kappa shape index (κ2) is 10.2. The molecule has 0 amide bonds. The molecule has 8 nitrogen and oxygen atoms in total. The van der Waals surface area contributed by atoms with Gasteiger partial charge >= 0.3 is 0 Å². The Labute approximate surface area is 171 Å². The van der Waals surface area contributed by atoms with Crippen molar-refractivity contribution in [1.29, 1.82) is 0 Å². The second-order valence-electron chi connectivity index (χ2n) is 7.45. The first-order chi connectivity index (χ1) is 14.1. The van der Waals surface area contributed by atoms with Crippen LogP contribution in [0.3, 0.4) is 0 Å². The molecule has 0 aliphatic carbocycles. The Kier molecular flexibility index (Phi) is 7.37. The average Bonchev–Trinajstić information content (AvgIpc) is 3.35. The third-order valence-electron chi connectivity index (χ3n) is 4.73. The van der Waals surface area contributed by atoms with Gasteiger partial charge in [-0.3, -0.25) is 4.99 Å². The van der Waals surface area contributed by atoms with E-state index in [1.165, 1.54) is 6.07 Å². The van der Waals surface area contributed by atoms with Crippen molar-refractivity contribution >= 4 is 11.8 Å². The zero-order valence-electron chi connectivity index (χ0n) is 17.4. The molecule has 1 aliphatic heterocycles. The summed E-state index contributed by atoms with van der Waals surface area (Å²) >= 11 is 0. The molecule has 29 heavy (non-hydrogen) atoms. The predicted octanol–water partition coefficient (Wildman–Crippen LogP) is 2.49. The molecule has 2 aromatic rings. The van der Waals surface area contributed by atoms with Gasteiger partial charge in [0, 0.05) is 50.8 Å². The number of nitrogens with zero attached hydrogens (tertiary/aromatic N) is 5. The smallest absolute Gasteiger partial charge is 0.226 e. The molecule has 1 saturated heterocycles. The molecule has 9 heteroatoms. The van der Waals surface area contributed by atoms with Gasteiger partial charge in [-0.25, -0.2) is 9.37 Å². The van der Waals surface area contributed by atoms with Crippen molar-refractivity contribution in [3.8, 4) is 0 Å². The van der Waals surface area contributed by atoms with Crippen molar-refractivity contribution in [3.63, 3.8) is 0 Å². The molecule has 0 saturated carbocycles. The van der Waals surface area contributed by atoms with Crippen LogP contribution in [0.25, 0.3) is 0 Å². The summed E-state index contributed by atoms with van der Waals surface area (Å²) in [6.07, 6.45) is 4.06. The molecule has 1 fully saturated rings. The standard InChI is InChI=1S/C20H30FN7O/c1-4-22-20(24-11-6-8-17-26-18(14(2)3)27-29-17)25-15-9-12-28(13-15)19-16(21)7-5-10-23-19/h5,7,10,14-15H,4,6,8-9,11-13H2,1-3H3,(H2,22,24,25). The number of rotatable bonds is 8. The van der Waals surface area contributed by atoms with Crippen molar-refractivity contribution < 1.29 is 8.91 Å². The second-order valence-corrected chi connectivity index (χ2v) is 7.45. The van der Waals surface area contributed by atoms with E-state index in [9.17, 15) is 4.39 Å². The maximum absolute atomic E-state index is 14.0. The Morgan fingerprint density at radius 2 is 2.31 bits per heavy atom. The van der Waals surface area contributed by atoms with Gasteiger partial charge in [-0.15, -0.1) is 0 Å². The van der Waals surface area contributed by atoms with E-state index in [0.717, 1.165) is 37.7 Å². The molecule has 1 unspecified atom stereocenters. The number of aliphatic imine (C=N–C) groups is 1. The van der Waals surface area contributed by atoms with Crippen LogP contribution in [-0.2, 0) is 6.42 Å². The normalized spacial score (nSPS) is 17.2. The molecule has 1 atom stereocenters. The van der Waals surface area contributed by atoms with Crippen molar-refractivity contribution in [2.45, 2.75) is 52.0 Å². The summed E-state index contributed by atoms with van der Waals surface area (Å²) in [7, 11) is 0. The van der Waals surface area contributed by atoms with E-state index in [0.29, 0.717) is 31.2 Å². The number of guanidine groups is 1. The zero-order chi connectivity index (χ0) is 20.6. The number of anilines is 1. The van der Waals surface area contributed by atoms with Crippen molar-refractivity contribution in [2.75, 3.05) is 31.1 Å². The molecular formula is C20H30FN7O. The lowest BCUT2D eigenvalue weighted by Gasteiger charge is -2.19. The van der Waals surface area contributed by atoms with E-state index in [4.69, 9.17) is 4.52 Å². The van der Waals surface area contributed by atoms with Crippen molar-refractivity contribution in [2.24, 2.45) is 4.99 Å². The Morgan fingerprint density at radius 3 is 3.03 bits per heavy atom. The van der Waals surface area contributed by atoms with Crippen molar-refractivity contribution in [3.05, 3.63) is 35.9 Å². The summed E-state index contributed by atoms with van der Waals surface area (Å²) in [5.41, 5.74) is 0. The molecule has 3 rings (SSSR count). The largest absolute Gasteiger partial charge is 0.357 e. The summed E-state index contributed by atoms with van der Waals surface area (Å²) in [4.78, 5) is 15.2. The lowest BCUT2D eigenvalue weighted by atomic mass is 10.2. The summed E-state index contributed by atoms with van der Waals surface area (Å²) in [5, 5.41) is 10.7. The highest BCUT2D eigenvalue weighted by molar-refractivity contribution is 5.80. The number of hydrogen-bond acceptors (Lipinski definition) is 6. The van der Waals surface area contributed by atoms with Gasteiger partial charge in [0.05, 0.1) is 0 Å². The fraction of sp³-hybridized carbons (Fsp3) is 0.600. The van der Waals surface area contributed by atoms with Gasteiger partial charge in [0.25, 0.3) is 0 Å². The third kappa shape index (κ3) is 5.88. The number of hydrogen-bond donors (Lipinski definition) is 2. The van der Waals surface area contributed by atoms with E-state index in [1.54, 1.807) is 12.3 Å². The minimum absolute atomic E-state index is 0.193. The number of halogens is 1. The van der Waals surface area contributed by atoms with Crippen LogP contribution in [-0.4, -0.2) is 53.3 Å². The van der Waals surface area contributed by atoms with Crippen molar-refractivity contribution in [1.82, 2.24) is 25.8 Å². The highest BCUT2D eigenvalue weighted by Gasteiger charge is 2.25. The van der Waals surface area contributed by atoms with Crippen LogP contribution >= 0.6 is 0 Å². The number of pyridine rings is 1. The molecule has 0 bridgehead atoms. The first-order valence-electron chi connectivity index (χ1n) is 10.3. The molecule has 0 aromatic carbocycles. The van der Waals surface area contributed by atoms with E-state index < -0.39 is 0 Å². The van der Waals surface area contributed by atoms with Crippen LogP contribution in [0.1, 0.15) is 51.2 Å². The predicted molar refractivity (Wildman–Crippen MR) is 111 cm³/mol. The number of aromatic nitrogens is 3. The van der Waals surface area contributed by atoms with E-state index in [-0.39, 0.29) is 17.8 Å². The van der Waals surface area contributed by atoms with Gasteiger partial charge < -0.3 is 20.1 Å². The van der Waals surface area contributed by atoms with Gasteiger partial charge in [0.15, 0.2) is 23.4 Å². The molecule has 2 aromatic heterocycles. The third-order valence-corrected chi connectivity index (χ3v) is 4.73. The fourth-order valence-corrected chi connectivity index (χ4v) is 3.22. The molecule has 3 heterocycles. The molecule has 0 radical (unpaired) electrons. The SMILES string of the molecule is CCNC(=NCCCc1nc(C(C)C)no1)NC1CCN(c2ncccc2F)C1. The van der Waals surface area contributed by atoms with Gasteiger partial charge in [-0.2, -0.15) is 4.98 Å². The first kappa shape index (κ1) is 21.0. The topological polar surface area (TPSA) is 91.5 Å². The Bertz CT molecular complexity index is 808. The van der Waals surface area contributed by atoms with Crippen LogP contribution in [0.5, 0.6) is 0 Å². The summed E-state index contributed by atoms with van der Waals surface area (Å²) in [6, 6.07) is 3.25. The van der Waals surface area contributed by atoms with Gasteiger partial charge in [0.2, 0.25) is 5.89 Å². The van der Waals surface area contributed by atoms with Crippen LogP contribution in [0.4, 0.5) is 10.2 Å². The van der Waals surface area contributed by atoms with Crippen LogP contribution in [0, 0.1) is 5.82 Å². The zero-order valence-corrected chi connectivity index (χ0v) is 17.4. The highest BCUT2D eigenvalue weighted by atomic mass is 19.1. The average molecular weight is 404 g/mol. The van der Waals surface area contributed by atoms with E-state index in [1.807, 2.05) is 25.7 Å². The van der Waals surface area contributed by atoms with Crippen LogP contribution in [0.2, 0.25) is 0 Å². The Hall–Kier alpha value is -2.71. The maximum atomic E-state index is 14.0. The summed E-state index contributed by atoms with van der Waals surface area (Å²) in [5.74, 6) is 2.57. The Morgan fingerprint density at radius 1 is 1.45 bits per heavy atom. The van der Waals surface area contributed by atoms with Crippen LogP contribution < -0.4 is 15.5 Å². The first-order valence-corrected chi connectivity index (χ1v) is 10.3. The number of aryl methyl sites for hydroxylation is 1. The molecule has 2 N–H and O–H groups in total. The van der Waals surface area contributed by atoms with E-state index in [2.05, 4.69) is 30.8 Å². The lowest BCUT2D eigenvalue weighted by Crippen LogP contribution is -2.44. The van der Waals surface area contributed by atoms with Gasteiger partial charge in [0.1, 0.15) is 0 Å². The minimum Gasteiger partial charge on any atom is -0.357 e. The molecule has 0 spiro atoms. The summed E-state index contributed by atoms with van der Waals surface area (Å²) < 4.78 is 19.2. The van der Waals surface area contributed by atoms with Crippen LogP contribution in [0.15, 0.2) is 27.8 Å². The fourth-order valence-electron chi connectivity index (χ4n) is 3.22. The molecular weight excluding hydrogens is 373 g/mol.